The van der Waals surface area contributed by atoms with Crippen LogP contribution >= 0.6 is 0 Å². The summed E-state index contributed by atoms with van der Waals surface area (Å²) in [5.74, 6) is 0.0899. The number of carbonyl (C=O) groups excluding carboxylic acids is 1. The Balaban J connectivity index is 1.89. The molecule has 2 aromatic rings. The fourth-order valence-corrected chi connectivity index (χ4v) is 2.40. The molecule has 0 aliphatic heterocycles. The van der Waals surface area contributed by atoms with E-state index in [2.05, 4.69) is 20.8 Å². The average Bonchev–Trinajstić information content (AvgIpc) is 2.52. The van der Waals surface area contributed by atoms with Crippen LogP contribution in [0.3, 0.4) is 0 Å². The molecule has 3 heteroatoms. The Kier molecular flexibility index (Phi) is 5.43. The molecule has 0 radical (unpaired) electrons. The summed E-state index contributed by atoms with van der Waals surface area (Å²) in [6, 6.07) is 15.2. The van der Waals surface area contributed by atoms with Crippen molar-refractivity contribution in [2.24, 2.45) is 0 Å². The number of benzene rings is 2. The Morgan fingerprint density at radius 2 is 1.74 bits per heavy atom. The van der Waals surface area contributed by atoms with Gasteiger partial charge in [-0.05, 0) is 34.6 Å². The monoisotopic (exact) mass is 312 g/mol. The van der Waals surface area contributed by atoms with Gasteiger partial charge in [-0.3, -0.25) is 4.79 Å². The lowest BCUT2D eigenvalue weighted by atomic mass is 9.85. The molecule has 0 unspecified atom stereocenters. The lowest BCUT2D eigenvalue weighted by Crippen LogP contribution is -2.12. The predicted octanol–water partition coefficient (Wildman–Crippen LogP) is 4.37. The third-order valence-electron chi connectivity index (χ3n) is 3.73. The first-order valence-electron chi connectivity index (χ1n) is 7.88. The van der Waals surface area contributed by atoms with Crippen molar-refractivity contribution in [2.75, 3.05) is 0 Å². The summed E-state index contributed by atoms with van der Waals surface area (Å²) >= 11 is 0. The lowest BCUT2D eigenvalue weighted by Gasteiger charge is -2.21. The Morgan fingerprint density at radius 1 is 1.04 bits per heavy atom. The fraction of sp³-hybridized carbons (Fsp3) is 0.350. The van der Waals surface area contributed by atoms with Gasteiger partial charge in [0.2, 0.25) is 0 Å². The predicted molar refractivity (Wildman–Crippen MR) is 91.4 cm³/mol. The number of hydrogen-bond donors (Lipinski definition) is 1. The number of aryl methyl sites for hydroxylation is 1. The zero-order chi connectivity index (χ0) is 16.9. The molecule has 23 heavy (non-hydrogen) atoms. The van der Waals surface area contributed by atoms with Gasteiger partial charge in [0.15, 0.2) is 0 Å². The Bertz CT molecular complexity index is 654. The van der Waals surface area contributed by atoms with Crippen LogP contribution in [0.2, 0.25) is 0 Å². The van der Waals surface area contributed by atoms with Crippen molar-refractivity contribution in [3.63, 3.8) is 0 Å². The van der Waals surface area contributed by atoms with Crippen molar-refractivity contribution < 1.29 is 14.6 Å². The van der Waals surface area contributed by atoms with Crippen LogP contribution in [0.15, 0.2) is 48.5 Å². The highest BCUT2D eigenvalue weighted by Crippen LogP contribution is 2.31. The quantitative estimate of drug-likeness (QED) is 0.834. The molecule has 0 fully saturated rings. The summed E-state index contributed by atoms with van der Waals surface area (Å²) in [4.78, 5) is 11.9. The van der Waals surface area contributed by atoms with E-state index in [1.54, 1.807) is 6.07 Å². The Labute approximate surface area is 137 Å². The highest BCUT2D eigenvalue weighted by Gasteiger charge is 2.18. The zero-order valence-corrected chi connectivity index (χ0v) is 14.0. The van der Waals surface area contributed by atoms with E-state index in [0.717, 1.165) is 16.7 Å². The molecular formula is C20H24O3. The van der Waals surface area contributed by atoms with Crippen molar-refractivity contribution in [2.45, 2.75) is 45.6 Å². The molecule has 0 aromatic heterocycles. The third kappa shape index (κ3) is 5.13. The summed E-state index contributed by atoms with van der Waals surface area (Å²) in [5, 5.41) is 9.97. The van der Waals surface area contributed by atoms with Gasteiger partial charge in [-0.1, -0.05) is 63.2 Å². The highest BCUT2D eigenvalue weighted by atomic mass is 16.5. The van der Waals surface area contributed by atoms with Crippen molar-refractivity contribution >= 4 is 5.97 Å². The standard InChI is InChI=1S/C20H24O3/c1-20(2,3)17-13-15(9-11-18(17)21)10-12-19(22)23-14-16-7-5-4-6-8-16/h4-9,11,13,21H,10,12,14H2,1-3H3. The van der Waals surface area contributed by atoms with Gasteiger partial charge in [-0.15, -0.1) is 0 Å². The van der Waals surface area contributed by atoms with E-state index < -0.39 is 0 Å². The van der Waals surface area contributed by atoms with Crippen LogP contribution in [-0.2, 0) is 28.0 Å². The maximum atomic E-state index is 11.9. The number of aromatic hydroxyl groups is 1. The second-order valence-corrected chi connectivity index (χ2v) is 6.75. The highest BCUT2D eigenvalue weighted by molar-refractivity contribution is 5.69. The van der Waals surface area contributed by atoms with Crippen molar-refractivity contribution in [3.8, 4) is 5.75 Å². The minimum atomic E-state index is -0.209. The van der Waals surface area contributed by atoms with Gasteiger partial charge in [-0.2, -0.15) is 0 Å². The molecule has 0 amide bonds. The largest absolute Gasteiger partial charge is 0.508 e. The van der Waals surface area contributed by atoms with Gasteiger partial charge >= 0.3 is 5.97 Å². The van der Waals surface area contributed by atoms with Gasteiger partial charge < -0.3 is 9.84 Å². The molecule has 122 valence electrons. The molecule has 3 nitrogen and oxygen atoms in total. The SMILES string of the molecule is CC(C)(C)c1cc(CCC(=O)OCc2ccccc2)ccc1O. The van der Waals surface area contributed by atoms with Crippen LogP contribution in [0.1, 0.15) is 43.9 Å². The van der Waals surface area contributed by atoms with E-state index in [9.17, 15) is 9.90 Å². The molecule has 0 aliphatic rings. The van der Waals surface area contributed by atoms with E-state index in [4.69, 9.17) is 4.74 Å². The zero-order valence-electron chi connectivity index (χ0n) is 14.0. The van der Waals surface area contributed by atoms with E-state index in [1.807, 2.05) is 42.5 Å². The molecular weight excluding hydrogens is 288 g/mol. The molecule has 0 aliphatic carbocycles. The summed E-state index contributed by atoms with van der Waals surface area (Å²) in [6.07, 6.45) is 0.943. The Hall–Kier alpha value is -2.29. The molecule has 0 bridgehead atoms. The molecule has 1 N–H and O–H groups in total. The molecule has 0 saturated heterocycles. The first-order chi connectivity index (χ1) is 10.9. The minimum absolute atomic E-state index is 0.131. The van der Waals surface area contributed by atoms with Gasteiger partial charge in [0.25, 0.3) is 0 Å². The van der Waals surface area contributed by atoms with Gasteiger partial charge in [0.1, 0.15) is 12.4 Å². The van der Waals surface area contributed by atoms with Crippen LogP contribution in [-0.4, -0.2) is 11.1 Å². The van der Waals surface area contributed by atoms with Crippen LogP contribution in [0.5, 0.6) is 5.75 Å². The van der Waals surface area contributed by atoms with E-state index in [-0.39, 0.29) is 11.4 Å². The first-order valence-corrected chi connectivity index (χ1v) is 7.88. The van der Waals surface area contributed by atoms with E-state index in [0.29, 0.717) is 25.2 Å². The topological polar surface area (TPSA) is 46.5 Å². The number of ether oxygens (including phenoxy) is 1. The summed E-state index contributed by atoms with van der Waals surface area (Å²) in [6.45, 7) is 6.47. The summed E-state index contributed by atoms with van der Waals surface area (Å²) in [7, 11) is 0. The van der Waals surface area contributed by atoms with Crippen molar-refractivity contribution in [3.05, 3.63) is 65.2 Å². The normalized spacial score (nSPS) is 11.3. The van der Waals surface area contributed by atoms with Crippen LogP contribution in [0.25, 0.3) is 0 Å². The van der Waals surface area contributed by atoms with Crippen LogP contribution in [0, 0.1) is 0 Å². The second-order valence-electron chi connectivity index (χ2n) is 6.75. The second kappa shape index (κ2) is 7.32. The number of carbonyl (C=O) groups is 1. The molecule has 2 rings (SSSR count). The van der Waals surface area contributed by atoms with E-state index in [1.165, 1.54) is 0 Å². The molecule has 0 atom stereocenters. The van der Waals surface area contributed by atoms with E-state index >= 15 is 0 Å². The van der Waals surface area contributed by atoms with Crippen LogP contribution in [0.4, 0.5) is 0 Å². The minimum Gasteiger partial charge on any atom is -0.508 e. The lowest BCUT2D eigenvalue weighted by molar-refractivity contribution is -0.144. The maximum absolute atomic E-state index is 11.9. The van der Waals surface area contributed by atoms with Gasteiger partial charge in [0.05, 0.1) is 0 Å². The van der Waals surface area contributed by atoms with Gasteiger partial charge in [-0.25, -0.2) is 0 Å². The smallest absolute Gasteiger partial charge is 0.306 e. The molecule has 0 saturated carbocycles. The fourth-order valence-electron chi connectivity index (χ4n) is 2.40. The first kappa shape index (κ1) is 17.1. The molecule has 2 aromatic carbocycles. The summed E-state index contributed by atoms with van der Waals surface area (Å²) < 4.78 is 5.28. The van der Waals surface area contributed by atoms with Crippen LogP contribution < -0.4 is 0 Å². The Morgan fingerprint density at radius 3 is 2.39 bits per heavy atom. The van der Waals surface area contributed by atoms with Crippen molar-refractivity contribution in [1.82, 2.24) is 0 Å². The number of hydrogen-bond acceptors (Lipinski definition) is 3. The summed E-state index contributed by atoms with van der Waals surface area (Å²) in [5.41, 5.74) is 2.78. The molecule has 0 spiro atoms. The number of phenolic OH excluding ortho intramolecular Hbond substituents is 1. The van der Waals surface area contributed by atoms with Gasteiger partial charge in [0, 0.05) is 6.42 Å². The maximum Gasteiger partial charge on any atom is 0.306 e. The third-order valence-corrected chi connectivity index (χ3v) is 3.73. The van der Waals surface area contributed by atoms with Crippen molar-refractivity contribution in [1.29, 1.82) is 0 Å². The molecule has 0 heterocycles. The number of phenols is 1. The number of esters is 1. The number of rotatable bonds is 5. The average molecular weight is 312 g/mol.